The van der Waals surface area contributed by atoms with Crippen molar-refractivity contribution in [2.45, 2.75) is 13.0 Å². The van der Waals surface area contributed by atoms with Gasteiger partial charge in [-0.25, -0.2) is 0 Å². The molecule has 4 N–H and O–H groups in total. The van der Waals surface area contributed by atoms with Crippen molar-refractivity contribution in [1.82, 2.24) is 9.80 Å². The van der Waals surface area contributed by atoms with E-state index >= 15 is 0 Å². The number of aromatic hydroxyl groups is 2. The number of hydrogen-bond acceptors (Lipinski definition) is 5. The molecule has 0 bridgehead atoms. The highest BCUT2D eigenvalue weighted by Crippen LogP contribution is 2.24. The van der Waals surface area contributed by atoms with Crippen molar-refractivity contribution in [2.75, 3.05) is 32.7 Å². The molecule has 0 spiro atoms. The van der Waals surface area contributed by atoms with Crippen LogP contribution in [-0.2, 0) is 0 Å². The molecule has 0 aromatic heterocycles. The van der Waals surface area contributed by atoms with Gasteiger partial charge in [0.25, 0.3) is 5.91 Å². The van der Waals surface area contributed by atoms with Crippen LogP contribution in [0.15, 0.2) is 18.2 Å². The molecular formula is C14H21N3O3. The molecule has 6 nitrogen and oxygen atoms in total. The van der Waals surface area contributed by atoms with Crippen molar-refractivity contribution in [2.24, 2.45) is 5.73 Å². The molecular weight excluding hydrogens is 258 g/mol. The van der Waals surface area contributed by atoms with Crippen LogP contribution in [0.4, 0.5) is 0 Å². The summed E-state index contributed by atoms with van der Waals surface area (Å²) in [5, 5.41) is 19.0. The van der Waals surface area contributed by atoms with Crippen LogP contribution >= 0.6 is 0 Å². The fourth-order valence-corrected chi connectivity index (χ4v) is 2.39. The molecule has 6 heteroatoms. The number of nitrogens with zero attached hydrogens (tertiary/aromatic N) is 2. The molecule has 2 rings (SSSR count). The SMILES string of the molecule is CC(CN)N1CCN(C(=O)c2ccc(O)cc2O)CC1. The van der Waals surface area contributed by atoms with Crippen LogP contribution in [0.2, 0.25) is 0 Å². The molecule has 0 radical (unpaired) electrons. The number of piperazine rings is 1. The molecule has 1 aliphatic rings. The van der Waals surface area contributed by atoms with Gasteiger partial charge in [-0.2, -0.15) is 0 Å². The van der Waals surface area contributed by atoms with Crippen molar-refractivity contribution in [3.63, 3.8) is 0 Å². The second-order valence-electron chi connectivity index (χ2n) is 5.11. The zero-order valence-electron chi connectivity index (χ0n) is 11.6. The van der Waals surface area contributed by atoms with Gasteiger partial charge >= 0.3 is 0 Å². The summed E-state index contributed by atoms with van der Waals surface area (Å²) in [5.74, 6) is -0.448. The van der Waals surface area contributed by atoms with E-state index in [0.29, 0.717) is 25.7 Å². The highest BCUT2D eigenvalue weighted by molar-refractivity contribution is 5.97. The first-order valence-electron chi connectivity index (χ1n) is 6.78. The predicted octanol–water partition coefficient (Wildman–Crippen LogP) is 0.203. The Morgan fingerprint density at radius 3 is 2.50 bits per heavy atom. The number of amides is 1. The first-order valence-corrected chi connectivity index (χ1v) is 6.78. The maximum Gasteiger partial charge on any atom is 0.257 e. The highest BCUT2D eigenvalue weighted by Gasteiger charge is 2.25. The van der Waals surface area contributed by atoms with Crippen LogP contribution in [0.3, 0.4) is 0 Å². The Hall–Kier alpha value is -1.79. The van der Waals surface area contributed by atoms with Crippen LogP contribution in [0.25, 0.3) is 0 Å². The Kier molecular flexibility index (Phi) is 4.46. The minimum absolute atomic E-state index is 0.0550. The molecule has 20 heavy (non-hydrogen) atoms. The van der Waals surface area contributed by atoms with E-state index in [9.17, 15) is 15.0 Å². The summed E-state index contributed by atoms with van der Waals surface area (Å²) < 4.78 is 0. The van der Waals surface area contributed by atoms with E-state index < -0.39 is 0 Å². The number of hydrogen-bond donors (Lipinski definition) is 3. The van der Waals surface area contributed by atoms with E-state index in [1.807, 2.05) is 0 Å². The Bertz CT molecular complexity index is 485. The van der Waals surface area contributed by atoms with E-state index in [-0.39, 0.29) is 23.0 Å². The maximum atomic E-state index is 12.3. The molecule has 1 amide bonds. The van der Waals surface area contributed by atoms with Crippen molar-refractivity contribution in [3.8, 4) is 11.5 Å². The number of nitrogens with two attached hydrogens (primary N) is 1. The third-order valence-electron chi connectivity index (χ3n) is 3.78. The highest BCUT2D eigenvalue weighted by atomic mass is 16.3. The number of rotatable bonds is 3. The quantitative estimate of drug-likeness (QED) is 0.735. The number of carbonyl (C=O) groups is 1. The van der Waals surface area contributed by atoms with Gasteiger partial charge < -0.3 is 20.8 Å². The van der Waals surface area contributed by atoms with Gasteiger partial charge in [0.05, 0.1) is 5.56 Å². The van der Waals surface area contributed by atoms with Crippen molar-refractivity contribution < 1.29 is 15.0 Å². The van der Waals surface area contributed by atoms with Crippen molar-refractivity contribution in [1.29, 1.82) is 0 Å². The summed E-state index contributed by atoms with van der Waals surface area (Å²) in [6, 6.07) is 4.34. The van der Waals surface area contributed by atoms with Gasteiger partial charge in [0.1, 0.15) is 11.5 Å². The standard InChI is InChI=1S/C14H21N3O3/c1-10(9-15)16-4-6-17(7-5-16)14(20)12-3-2-11(18)8-13(12)19/h2-3,8,10,18-19H,4-7,9,15H2,1H3. The Morgan fingerprint density at radius 1 is 1.30 bits per heavy atom. The minimum Gasteiger partial charge on any atom is -0.508 e. The molecule has 0 saturated carbocycles. The van der Waals surface area contributed by atoms with Crippen LogP contribution in [0, 0.1) is 0 Å². The number of phenolic OH excluding ortho intramolecular Hbond substituents is 2. The molecule has 1 aliphatic heterocycles. The third-order valence-corrected chi connectivity index (χ3v) is 3.78. The zero-order valence-corrected chi connectivity index (χ0v) is 11.6. The topological polar surface area (TPSA) is 90.0 Å². The van der Waals surface area contributed by atoms with E-state index in [0.717, 1.165) is 13.1 Å². The summed E-state index contributed by atoms with van der Waals surface area (Å²) in [4.78, 5) is 16.3. The Labute approximate surface area is 118 Å². The monoisotopic (exact) mass is 279 g/mol. The summed E-state index contributed by atoms with van der Waals surface area (Å²) >= 11 is 0. The second-order valence-corrected chi connectivity index (χ2v) is 5.11. The van der Waals surface area contributed by atoms with Crippen LogP contribution < -0.4 is 5.73 Å². The summed E-state index contributed by atoms with van der Waals surface area (Å²) in [5.41, 5.74) is 5.87. The molecule has 1 unspecified atom stereocenters. The number of phenols is 2. The number of benzene rings is 1. The van der Waals surface area contributed by atoms with Crippen molar-refractivity contribution in [3.05, 3.63) is 23.8 Å². The lowest BCUT2D eigenvalue weighted by molar-refractivity contribution is 0.0586. The Balaban J connectivity index is 2.01. The first-order chi connectivity index (χ1) is 9.52. The zero-order chi connectivity index (χ0) is 14.7. The lowest BCUT2D eigenvalue weighted by Gasteiger charge is -2.37. The molecule has 1 aromatic carbocycles. The fourth-order valence-electron chi connectivity index (χ4n) is 2.39. The fraction of sp³-hybridized carbons (Fsp3) is 0.500. The summed E-state index contributed by atoms with van der Waals surface area (Å²) in [7, 11) is 0. The molecule has 1 atom stereocenters. The van der Waals surface area contributed by atoms with Gasteiger partial charge in [0.15, 0.2) is 0 Å². The van der Waals surface area contributed by atoms with E-state index in [1.54, 1.807) is 4.90 Å². The summed E-state index contributed by atoms with van der Waals surface area (Å²) in [6.07, 6.45) is 0. The molecule has 0 aliphatic carbocycles. The van der Waals surface area contributed by atoms with Crippen LogP contribution in [-0.4, -0.2) is 64.7 Å². The molecule has 1 saturated heterocycles. The molecule has 1 fully saturated rings. The van der Waals surface area contributed by atoms with Gasteiger partial charge in [0.2, 0.25) is 0 Å². The maximum absolute atomic E-state index is 12.3. The van der Waals surface area contributed by atoms with Gasteiger partial charge in [-0.1, -0.05) is 0 Å². The average molecular weight is 279 g/mol. The van der Waals surface area contributed by atoms with Crippen molar-refractivity contribution >= 4 is 5.91 Å². The normalized spacial score (nSPS) is 18.0. The van der Waals surface area contributed by atoms with Crippen LogP contribution in [0.5, 0.6) is 11.5 Å². The lowest BCUT2D eigenvalue weighted by Crippen LogP contribution is -2.52. The first kappa shape index (κ1) is 14.6. The van der Waals surface area contributed by atoms with Crippen LogP contribution in [0.1, 0.15) is 17.3 Å². The molecule has 1 heterocycles. The average Bonchev–Trinajstić information content (AvgIpc) is 2.46. The minimum atomic E-state index is -0.206. The number of carbonyl (C=O) groups excluding carboxylic acids is 1. The third kappa shape index (κ3) is 3.02. The van der Waals surface area contributed by atoms with E-state index in [2.05, 4.69) is 11.8 Å². The smallest absolute Gasteiger partial charge is 0.257 e. The summed E-state index contributed by atoms with van der Waals surface area (Å²) in [6.45, 7) is 5.47. The van der Waals surface area contributed by atoms with E-state index in [4.69, 9.17) is 5.73 Å². The lowest BCUT2D eigenvalue weighted by atomic mass is 10.1. The second kappa shape index (κ2) is 6.11. The Morgan fingerprint density at radius 2 is 1.95 bits per heavy atom. The van der Waals surface area contributed by atoms with Gasteiger partial charge in [-0.15, -0.1) is 0 Å². The largest absolute Gasteiger partial charge is 0.508 e. The molecule has 1 aromatic rings. The predicted molar refractivity (Wildman–Crippen MR) is 75.8 cm³/mol. The van der Waals surface area contributed by atoms with Gasteiger partial charge in [-0.3, -0.25) is 9.69 Å². The van der Waals surface area contributed by atoms with Gasteiger partial charge in [-0.05, 0) is 19.1 Å². The molecule has 110 valence electrons. The van der Waals surface area contributed by atoms with E-state index in [1.165, 1.54) is 18.2 Å². The van der Waals surface area contributed by atoms with Gasteiger partial charge in [0, 0.05) is 44.8 Å².